The van der Waals surface area contributed by atoms with Crippen LogP contribution in [0.15, 0.2) is 30.3 Å². The van der Waals surface area contributed by atoms with Gasteiger partial charge in [-0.2, -0.15) is 0 Å². The number of anilines is 1. The van der Waals surface area contributed by atoms with Crippen LogP contribution in [0.1, 0.15) is 5.56 Å². The third-order valence-corrected chi connectivity index (χ3v) is 2.28. The number of hydrogen-bond donors (Lipinski definition) is 4. The highest BCUT2D eigenvalue weighted by molar-refractivity contribution is 5.92. The van der Waals surface area contributed by atoms with E-state index in [1.54, 1.807) is 24.3 Å². The largest absolute Gasteiger partial charge is 0.478 e. The molecule has 0 aliphatic carbocycles. The fourth-order valence-corrected chi connectivity index (χ4v) is 1.27. The highest BCUT2D eigenvalue weighted by atomic mass is 16.4. The molecule has 7 heteroatoms. The number of aliphatic carboxylic acids is 1. The lowest BCUT2D eigenvalue weighted by Crippen LogP contribution is -2.37. The van der Waals surface area contributed by atoms with Crippen LogP contribution in [0.5, 0.6) is 0 Å². The molecule has 0 radical (unpaired) electrons. The monoisotopic (exact) mass is 277 g/mol. The Balaban J connectivity index is 2.50. The van der Waals surface area contributed by atoms with Gasteiger partial charge in [-0.1, -0.05) is 12.1 Å². The molecule has 0 aromatic heterocycles. The fraction of sp³-hybridized carbons (Fsp3) is 0.154. The van der Waals surface area contributed by atoms with Gasteiger partial charge in [0.1, 0.15) is 0 Å². The third kappa shape index (κ3) is 5.67. The first-order valence-electron chi connectivity index (χ1n) is 5.78. The van der Waals surface area contributed by atoms with Crippen molar-refractivity contribution < 1.29 is 19.5 Å². The second-order valence-electron chi connectivity index (χ2n) is 3.77. The Kier molecular flexibility index (Phi) is 5.76. The first kappa shape index (κ1) is 15.2. The van der Waals surface area contributed by atoms with Gasteiger partial charge in [-0.3, -0.25) is 4.79 Å². The number of benzene rings is 1. The summed E-state index contributed by atoms with van der Waals surface area (Å²) in [6, 6.07) is 6.08. The van der Waals surface area contributed by atoms with Crippen LogP contribution in [-0.2, 0) is 9.59 Å². The lowest BCUT2D eigenvalue weighted by molar-refractivity contribution is -0.131. The molecular formula is C13H15N3O4. The number of likely N-dealkylation sites (N-methyl/N-ethyl adjacent to an activating group) is 1. The highest BCUT2D eigenvalue weighted by Gasteiger charge is 2.03. The van der Waals surface area contributed by atoms with Crippen LogP contribution >= 0.6 is 0 Å². The minimum Gasteiger partial charge on any atom is -0.478 e. The fourth-order valence-electron chi connectivity index (χ4n) is 1.27. The molecule has 0 saturated heterocycles. The van der Waals surface area contributed by atoms with Gasteiger partial charge in [-0.05, 0) is 23.8 Å². The van der Waals surface area contributed by atoms with Crippen molar-refractivity contribution in [3.8, 4) is 0 Å². The lowest BCUT2D eigenvalue weighted by atomic mass is 10.2. The first-order chi connectivity index (χ1) is 9.51. The zero-order valence-corrected chi connectivity index (χ0v) is 10.8. The molecule has 1 aromatic carbocycles. The molecule has 0 bridgehead atoms. The maximum atomic E-state index is 11.4. The summed E-state index contributed by atoms with van der Waals surface area (Å²) < 4.78 is 0. The molecule has 0 aliphatic heterocycles. The number of nitrogens with one attached hydrogen (secondary N) is 3. The Bertz CT molecular complexity index is 523. The van der Waals surface area contributed by atoms with Crippen molar-refractivity contribution in [1.82, 2.24) is 10.6 Å². The predicted molar refractivity (Wildman–Crippen MR) is 74.2 cm³/mol. The molecule has 3 amide bonds. The van der Waals surface area contributed by atoms with Crippen molar-refractivity contribution in [3.63, 3.8) is 0 Å². The van der Waals surface area contributed by atoms with Gasteiger partial charge in [-0.25, -0.2) is 9.59 Å². The molecule has 1 rings (SSSR count). The van der Waals surface area contributed by atoms with E-state index in [0.717, 1.165) is 6.08 Å². The molecule has 0 heterocycles. The summed E-state index contributed by atoms with van der Waals surface area (Å²) in [7, 11) is 1.48. The molecular weight excluding hydrogens is 262 g/mol. The second-order valence-corrected chi connectivity index (χ2v) is 3.77. The van der Waals surface area contributed by atoms with Crippen LogP contribution < -0.4 is 16.0 Å². The van der Waals surface area contributed by atoms with Gasteiger partial charge >= 0.3 is 12.0 Å². The van der Waals surface area contributed by atoms with E-state index in [-0.39, 0.29) is 12.5 Å². The van der Waals surface area contributed by atoms with Gasteiger partial charge in [0.25, 0.3) is 0 Å². The number of carboxylic acid groups (broad SMARTS) is 1. The average Bonchev–Trinajstić information content (AvgIpc) is 2.44. The zero-order valence-electron chi connectivity index (χ0n) is 10.8. The standard InChI is InChI=1S/C13H15N3O4/c1-14-11(17)8-15-13(20)16-10-5-2-9(3-6-10)4-7-12(18)19/h2-7H,8H2,1H3,(H,14,17)(H,18,19)(H2,15,16,20). The summed E-state index contributed by atoms with van der Waals surface area (Å²) in [5.74, 6) is -1.32. The Morgan fingerprint density at radius 3 is 2.40 bits per heavy atom. The Hall–Kier alpha value is -2.83. The lowest BCUT2D eigenvalue weighted by Gasteiger charge is -2.07. The van der Waals surface area contributed by atoms with E-state index >= 15 is 0 Å². The van der Waals surface area contributed by atoms with Crippen LogP contribution in [-0.4, -0.2) is 36.6 Å². The summed E-state index contributed by atoms with van der Waals surface area (Å²) in [5, 5.41) is 15.8. The van der Waals surface area contributed by atoms with Gasteiger partial charge in [0, 0.05) is 18.8 Å². The molecule has 0 aliphatic rings. The van der Waals surface area contributed by atoms with E-state index in [9.17, 15) is 14.4 Å². The number of hydrogen-bond acceptors (Lipinski definition) is 3. The summed E-state index contributed by atoms with van der Waals surface area (Å²) >= 11 is 0. The van der Waals surface area contributed by atoms with E-state index in [1.165, 1.54) is 13.1 Å². The van der Waals surface area contributed by atoms with Crippen molar-refractivity contribution in [2.75, 3.05) is 18.9 Å². The molecule has 7 nitrogen and oxygen atoms in total. The van der Waals surface area contributed by atoms with Crippen molar-refractivity contribution in [2.24, 2.45) is 0 Å². The molecule has 0 saturated carbocycles. The smallest absolute Gasteiger partial charge is 0.328 e. The van der Waals surface area contributed by atoms with Crippen LogP contribution in [0.2, 0.25) is 0 Å². The van der Waals surface area contributed by atoms with Crippen molar-refractivity contribution in [1.29, 1.82) is 0 Å². The molecule has 20 heavy (non-hydrogen) atoms. The number of urea groups is 1. The quantitative estimate of drug-likeness (QED) is 0.593. The summed E-state index contributed by atoms with van der Waals surface area (Å²) in [6.07, 6.45) is 2.47. The van der Waals surface area contributed by atoms with Crippen molar-refractivity contribution in [3.05, 3.63) is 35.9 Å². The first-order valence-corrected chi connectivity index (χ1v) is 5.78. The van der Waals surface area contributed by atoms with E-state index in [2.05, 4.69) is 16.0 Å². The Morgan fingerprint density at radius 2 is 1.85 bits per heavy atom. The SMILES string of the molecule is CNC(=O)CNC(=O)Nc1ccc(C=CC(=O)O)cc1. The van der Waals surface area contributed by atoms with Crippen LogP contribution in [0, 0.1) is 0 Å². The number of carbonyl (C=O) groups excluding carboxylic acids is 2. The van der Waals surface area contributed by atoms with Crippen LogP contribution in [0.4, 0.5) is 10.5 Å². The third-order valence-electron chi connectivity index (χ3n) is 2.28. The molecule has 4 N–H and O–H groups in total. The van der Waals surface area contributed by atoms with Crippen molar-refractivity contribution in [2.45, 2.75) is 0 Å². The highest BCUT2D eigenvalue weighted by Crippen LogP contribution is 2.10. The van der Waals surface area contributed by atoms with Crippen LogP contribution in [0.25, 0.3) is 6.08 Å². The van der Waals surface area contributed by atoms with Gasteiger partial charge < -0.3 is 21.1 Å². The van der Waals surface area contributed by atoms with Crippen LogP contribution in [0.3, 0.4) is 0 Å². The molecule has 0 spiro atoms. The molecule has 1 aromatic rings. The van der Waals surface area contributed by atoms with Gasteiger partial charge in [0.2, 0.25) is 5.91 Å². The molecule has 106 valence electrons. The summed E-state index contributed by atoms with van der Waals surface area (Å²) in [4.78, 5) is 32.7. The van der Waals surface area contributed by atoms with Gasteiger partial charge in [-0.15, -0.1) is 0 Å². The van der Waals surface area contributed by atoms with Gasteiger partial charge in [0.15, 0.2) is 0 Å². The number of carboxylic acids is 1. The maximum Gasteiger partial charge on any atom is 0.328 e. The number of amides is 3. The molecule has 0 unspecified atom stereocenters. The predicted octanol–water partition coefficient (Wildman–Crippen LogP) is 0.652. The summed E-state index contributed by atoms with van der Waals surface area (Å²) in [6.45, 7) is -0.109. The number of carbonyl (C=O) groups is 3. The van der Waals surface area contributed by atoms with E-state index in [4.69, 9.17) is 5.11 Å². The van der Waals surface area contributed by atoms with Gasteiger partial charge in [0.05, 0.1) is 6.54 Å². The van der Waals surface area contributed by atoms with E-state index in [0.29, 0.717) is 11.3 Å². The van der Waals surface area contributed by atoms with E-state index < -0.39 is 12.0 Å². The second kappa shape index (κ2) is 7.57. The topological polar surface area (TPSA) is 108 Å². The maximum absolute atomic E-state index is 11.4. The van der Waals surface area contributed by atoms with Crippen molar-refractivity contribution >= 4 is 29.7 Å². The summed E-state index contributed by atoms with van der Waals surface area (Å²) in [5.41, 5.74) is 1.23. The number of rotatable bonds is 5. The Labute approximate surface area is 115 Å². The normalized spacial score (nSPS) is 10.1. The molecule has 0 fully saturated rings. The van der Waals surface area contributed by atoms with E-state index in [1.807, 2.05) is 0 Å². The Morgan fingerprint density at radius 1 is 1.20 bits per heavy atom. The minimum atomic E-state index is -1.03. The zero-order chi connectivity index (χ0) is 15.0. The minimum absolute atomic E-state index is 0.109. The molecule has 0 atom stereocenters. The average molecular weight is 277 g/mol.